The van der Waals surface area contributed by atoms with Gasteiger partial charge in [-0.15, -0.1) is 0 Å². The average Bonchev–Trinajstić information content (AvgIpc) is 3.04. The van der Waals surface area contributed by atoms with Gasteiger partial charge in [0.1, 0.15) is 11.5 Å². The molecule has 1 aliphatic rings. The number of aromatic nitrogens is 2. The van der Waals surface area contributed by atoms with Crippen LogP contribution in [-0.2, 0) is 13.0 Å². The van der Waals surface area contributed by atoms with Crippen LogP contribution in [0.25, 0.3) is 0 Å². The quantitative estimate of drug-likeness (QED) is 0.815. The van der Waals surface area contributed by atoms with Crippen LogP contribution in [-0.4, -0.2) is 16.2 Å². The number of rotatable bonds is 3. The zero-order chi connectivity index (χ0) is 15.7. The van der Waals surface area contributed by atoms with Crippen LogP contribution in [0, 0.1) is 12.3 Å². The number of amides is 2. The van der Waals surface area contributed by atoms with Gasteiger partial charge in [-0.25, -0.2) is 4.79 Å². The number of fused-ring (bicyclic) bond motifs is 1. The molecule has 0 spiro atoms. The Bertz CT molecular complexity index is 658. The Morgan fingerprint density at radius 2 is 2.36 bits per heavy atom. The molecule has 2 heterocycles. The fraction of sp³-hybridized carbons (Fsp3) is 0.500. The van der Waals surface area contributed by atoms with Crippen molar-refractivity contribution in [2.75, 3.05) is 0 Å². The van der Waals surface area contributed by atoms with Crippen molar-refractivity contribution in [1.82, 2.24) is 20.8 Å². The molecule has 0 saturated carbocycles. The van der Waals surface area contributed by atoms with E-state index in [1.807, 2.05) is 19.1 Å². The predicted molar refractivity (Wildman–Crippen MR) is 82.2 cm³/mol. The number of H-pyrrole nitrogens is 1. The molecule has 2 aromatic rings. The fourth-order valence-electron chi connectivity index (χ4n) is 3.08. The molecule has 2 amide bonds. The molecule has 0 aliphatic heterocycles. The largest absolute Gasteiger partial charge is 0.466 e. The topological polar surface area (TPSA) is 82.9 Å². The van der Waals surface area contributed by atoms with Crippen LogP contribution in [0.2, 0.25) is 0 Å². The number of furan rings is 1. The summed E-state index contributed by atoms with van der Waals surface area (Å²) >= 11 is 0. The van der Waals surface area contributed by atoms with E-state index in [0.29, 0.717) is 6.54 Å². The highest BCUT2D eigenvalue weighted by Gasteiger charge is 2.35. The van der Waals surface area contributed by atoms with Crippen molar-refractivity contribution in [3.05, 3.63) is 41.1 Å². The average molecular weight is 302 g/mol. The standard InChI is InChI=1S/C16H22N4O2/c1-10-6-12-13(7-16(2,3)8-14(12)22-10)19-15(21)17-9-11-4-5-18-20-11/h4-6,13H,7-9H2,1-3H3,(H,18,20)(H2,17,19,21). The maximum atomic E-state index is 12.1. The van der Waals surface area contributed by atoms with Gasteiger partial charge in [0, 0.05) is 18.2 Å². The van der Waals surface area contributed by atoms with E-state index in [-0.39, 0.29) is 17.5 Å². The highest BCUT2D eigenvalue weighted by molar-refractivity contribution is 5.74. The van der Waals surface area contributed by atoms with Crippen LogP contribution in [0.3, 0.4) is 0 Å². The van der Waals surface area contributed by atoms with E-state index in [4.69, 9.17) is 4.42 Å². The molecule has 22 heavy (non-hydrogen) atoms. The highest BCUT2D eigenvalue weighted by Crippen LogP contribution is 2.41. The first kappa shape index (κ1) is 14.7. The van der Waals surface area contributed by atoms with Gasteiger partial charge < -0.3 is 15.1 Å². The number of nitrogens with one attached hydrogen (secondary N) is 3. The minimum Gasteiger partial charge on any atom is -0.466 e. The number of aromatic amines is 1. The lowest BCUT2D eigenvalue weighted by molar-refractivity contribution is 0.214. The predicted octanol–water partition coefficient (Wildman–Crippen LogP) is 2.82. The molecular weight excluding hydrogens is 280 g/mol. The second-order valence-corrected chi connectivity index (χ2v) is 6.74. The van der Waals surface area contributed by atoms with Gasteiger partial charge >= 0.3 is 6.03 Å². The first-order valence-corrected chi connectivity index (χ1v) is 7.55. The van der Waals surface area contributed by atoms with Crippen molar-refractivity contribution in [3.63, 3.8) is 0 Å². The third kappa shape index (κ3) is 3.16. The first-order chi connectivity index (χ1) is 10.4. The molecule has 2 aromatic heterocycles. The normalized spacial score (nSPS) is 19.5. The molecule has 0 saturated heterocycles. The summed E-state index contributed by atoms with van der Waals surface area (Å²) in [4.78, 5) is 12.1. The number of hydrogen-bond donors (Lipinski definition) is 3. The molecule has 6 nitrogen and oxygen atoms in total. The highest BCUT2D eigenvalue weighted by atomic mass is 16.3. The van der Waals surface area contributed by atoms with Gasteiger partial charge in [0.05, 0.1) is 18.3 Å². The van der Waals surface area contributed by atoms with Gasteiger partial charge in [0.15, 0.2) is 0 Å². The SMILES string of the molecule is Cc1cc2c(o1)CC(C)(C)CC2NC(=O)NCc1ccn[nH]1. The number of aryl methyl sites for hydroxylation is 1. The molecule has 0 bridgehead atoms. The van der Waals surface area contributed by atoms with Crippen molar-refractivity contribution >= 4 is 6.03 Å². The van der Waals surface area contributed by atoms with E-state index in [2.05, 4.69) is 34.7 Å². The summed E-state index contributed by atoms with van der Waals surface area (Å²) in [6.45, 7) is 6.77. The van der Waals surface area contributed by atoms with Crippen LogP contribution in [0.15, 0.2) is 22.7 Å². The molecule has 118 valence electrons. The molecule has 1 unspecified atom stereocenters. The second-order valence-electron chi connectivity index (χ2n) is 6.74. The van der Waals surface area contributed by atoms with Crippen molar-refractivity contribution in [2.45, 2.75) is 46.2 Å². The van der Waals surface area contributed by atoms with Crippen molar-refractivity contribution in [1.29, 1.82) is 0 Å². The van der Waals surface area contributed by atoms with Gasteiger partial charge in [0.25, 0.3) is 0 Å². The number of nitrogens with zero attached hydrogens (tertiary/aromatic N) is 1. The summed E-state index contributed by atoms with van der Waals surface area (Å²) in [6, 6.07) is 3.67. The molecule has 1 aliphatic carbocycles. The monoisotopic (exact) mass is 302 g/mol. The Morgan fingerprint density at radius 3 is 3.09 bits per heavy atom. The minimum atomic E-state index is -0.179. The summed E-state index contributed by atoms with van der Waals surface area (Å²) in [5.74, 6) is 1.89. The zero-order valence-corrected chi connectivity index (χ0v) is 13.2. The van der Waals surface area contributed by atoms with Crippen molar-refractivity contribution in [2.24, 2.45) is 5.41 Å². The number of carbonyl (C=O) groups excluding carboxylic acids is 1. The molecule has 6 heteroatoms. The van der Waals surface area contributed by atoms with Crippen LogP contribution in [0.1, 0.15) is 49.1 Å². The maximum Gasteiger partial charge on any atom is 0.315 e. The summed E-state index contributed by atoms with van der Waals surface area (Å²) in [5, 5.41) is 12.6. The summed E-state index contributed by atoms with van der Waals surface area (Å²) in [7, 11) is 0. The molecule has 0 radical (unpaired) electrons. The molecule has 3 rings (SSSR count). The van der Waals surface area contributed by atoms with Crippen molar-refractivity contribution < 1.29 is 9.21 Å². The Kier molecular flexibility index (Phi) is 3.68. The first-order valence-electron chi connectivity index (χ1n) is 7.55. The summed E-state index contributed by atoms with van der Waals surface area (Å²) < 4.78 is 5.79. The van der Waals surface area contributed by atoms with E-state index in [9.17, 15) is 4.79 Å². The second kappa shape index (κ2) is 5.51. The zero-order valence-electron chi connectivity index (χ0n) is 13.2. The van der Waals surface area contributed by atoms with Crippen LogP contribution >= 0.6 is 0 Å². The third-order valence-electron chi connectivity index (χ3n) is 4.04. The maximum absolute atomic E-state index is 12.1. The number of carbonyl (C=O) groups is 1. The van der Waals surface area contributed by atoms with E-state index in [1.165, 1.54) is 0 Å². The van der Waals surface area contributed by atoms with E-state index in [0.717, 1.165) is 35.6 Å². The van der Waals surface area contributed by atoms with Crippen LogP contribution < -0.4 is 10.6 Å². The Hall–Kier alpha value is -2.24. The van der Waals surface area contributed by atoms with E-state index in [1.54, 1.807) is 6.20 Å². The van der Waals surface area contributed by atoms with Gasteiger partial charge in [-0.2, -0.15) is 5.10 Å². The van der Waals surface area contributed by atoms with E-state index >= 15 is 0 Å². The fourth-order valence-corrected chi connectivity index (χ4v) is 3.08. The summed E-state index contributed by atoms with van der Waals surface area (Å²) in [6.07, 6.45) is 3.47. The Morgan fingerprint density at radius 1 is 1.55 bits per heavy atom. The molecule has 0 aromatic carbocycles. The lowest BCUT2D eigenvalue weighted by Crippen LogP contribution is -2.41. The van der Waals surface area contributed by atoms with Gasteiger partial charge in [-0.3, -0.25) is 5.10 Å². The lowest BCUT2D eigenvalue weighted by atomic mass is 9.75. The Labute approximate surface area is 129 Å². The number of hydrogen-bond acceptors (Lipinski definition) is 3. The molecular formula is C16H22N4O2. The van der Waals surface area contributed by atoms with Gasteiger partial charge in [0.2, 0.25) is 0 Å². The van der Waals surface area contributed by atoms with Gasteiger partial charge in [-0.05, 0) is 30.9 Å². The van der Waals surface area contributed by atoms with Gasteiger partial charge in [-0.1, -0.05) is 13.8 Å². The molecule has 1 atom stereocenters. The Balaban J connectivity index is 1.67. The van der Waals surface area contributed by atoms with E-state index < -0.39 is 0 Å². The minimum absolute atomic E-state index is 0.0158. The van der Waals surface area contributed by atoms with Crippen molar-refractivity contribution in [3.8, 4) is 0 Å². The smallest absolute Gasteiger partial charge is 0.315 e. The van der Waals surface area contributed by atoms with Crippen LogP contribution in [0.5, 0.6) is 0 Å². The molecule has 3 N–H and O–H groups in total. The third-order valence-corrected chi connectivity index (χ3v) is 4.04. The summed E-state index contributed by atoms with van der Waals surface area (Å²) in [5.41, 5.74) is 2.09. The van der Waals surface area contributed by atoms with Crippen LogP contribution in [0.4, 0.5) is 4.79 Å². The molecule has 0 fully saturated rings. The number of urea groups is 1. The lowest BCUT2D eigenvalue weighted by Gasteiger charge is -2.34.